The molecule has 3 nitrogen and oxygen atoms in total. The van der Waals surface area contributed by atoms with Gasteiger partial charge in [-0.05, 0) is 38.1 Å². The van der Waals surface area contributed by atoms with Crippen LogP contribution in [-0.2, 0) is 0 Å². The fraction of sp³-hybridized carbons (Fsp3) is 1.00. The molecule has 3 rings (SSSR count). The van der Waals surface area contributed by atoms with E-state index in [4.69, 9.17) is 0 Å². The van der Waals surface area contributed by atoms with Crippen molar-refractivity contribution in [1.82, 2.24) is 9.80 Å². The van der Waals surface area contributed by atoms with Gasteiger partial charge < -0.3 is 10.0 Å². The number of piperazine rings is 1. The highest BCUT2D eigenvalue weighted by molar-refractivity contribution is 4.88. The highest BCUT2D eigenvalue weighted by Gasteiger charge is 2.32. The molecule has 3 unspecified atom stereocenters. The molecular weight excluding hydrogens is 212 g/mol. The van der Waals surface area contributed by atoms with E-state index in [1.54, 1.807) is 0 Å². The summed E-state index contributed by atoms with van der Waals surface area (Å²) < 4.78 is 0. The zero-order valence-electron chi connectivity index (χ0n) is 10.9. The summed E-state index contributed by atoms with van der Waals surface area (Å²) >= 11 is 0. The third-order valence-corrected chi connectivity index (χ3v) is 5.03. The molecule has 1 aliphatic carbocycles. The number of nitrogens with zero attached hydrogens (tertiary/aromatic N) is 2. The zero-order valence-corrected chi connectivity index (χ0v) is 10.9. The summed E-state index contributed by atoms with van der Waals surface area (Å²) in [7, 11) is 0. The summed E-state index contributed by atoms with van der Waals surface area (Å²) in [5.41, 5.74) is 0. The quantitative estimate of drug-likeness (QED) is 0.786. The van der Waals surface area contributed by atoms with Crippen molar-refractivity contribution >= 4 is 0 Å². The number of fused-ring (bicyclic) bond motifs is 1. The molecule has 3 atom stereocenters. The lowest BCUT2D eigenvalue weighted by atomic mass is 9.86. The van der Waals surface area contributed by atoms with Gasteiger partial charge in [0.1, 0.15) is 0 Å². The van der Waals surface area contributed by atoms with E-state index in [0.29, 0.717) is 5.92 Å². The van der Waals surface area contributed by atoms with Gasteiger partial charge >= 0.3 is 0 Å². The Morgan fingerprint density at radius 1 is 0.941 bits per heavy atom. The van der Waals surface area contributed by atoms with E-state index in [0.717, 1.165) is 19.0 Å². The van der Waals surface area contributed by atoms with Crippen molar-refractivity contribution in [3.8, 4) is 0 Å². The Balaban J connectivity index is 1.51. The predicted molar refractivity (Wildman–Crippen MR) is 69.0 cm³/mol. The highest BCUT2D eigenvalue weighted by atomic mass is 16.3. The minimum atomic E-state index is -0.0228. The van der Waals surface area contributed by atoms with Crippen LogP contribution in [0.25, 0.3) is 0 Å². The fourth-order valence-corrected chi connectivity index (χ4v) is 3.95. The van der Waals surface area contributed by atoms with Crippen molar-refractivity contribution in [2.24, 2.45) is 5.92 Å². The normalized spacial score (nSPS) is 40.4. The smallest absolute Gasteiger partial charge is 0.0580 e. The maximum absolute atomic E-state index is 10.0. The summed E-state index contributed by atoms with van der Waals surface area (Å²) in [5.74, 6) is 0.553. The van der Waals surface area contributed by atoms with Crippen LogP contribution in [0.3, 0.4) is 0 Å². The molecule has 0 aromatic heterocycles. The maximum atomic E-state index is 10.0. The summed E-state index contributed by atoms with van der Waals surface area (Å²) in [6.07, 6.45) is 7.60. The lowest BCUT2D eigenvalue weighted by Gasteiger charge is -2.40. The number of aliphatic hydroxyl groups excluding tert-OH is 1. The minimum Gasteiger partial charge on any atom is -0.393 e. The van der Waals surface area contributed by atoms with E-state index < -0.39 is 0 Å². The van der Waals surface area contributed by atoms with Crippen molar-refractivity contribution in [3.05, 3.63) is 0 Å². The van der Waals surface area contributed by atoms with E-state index in [1.165, 1.54) is 58.3 Å². The minimum absolute atomic E-state index is 0.0228. The third kappa shape index (κ3) is 2.67. The Kier molecular flexibility index (Phi) is 3.69. The molecular formula is C14H26N2O. The lowest BCUT2D eigenvalue weighted by molar-refractivity contribution is 0.0255. The molecule has 98 valence electrons. The van der Waals surface area contributed by atoms with Gasteiger partial charge in [0.2, 0.25) is 0 Å². The van der Waals surface area contributed by atoms with Crippen LogP contribution >= 0.6 is 0 Å². The van der Waals surface area contributed by atoms with Crippen LogP contribution < -0.4 is 0 Å². The maximum Gasteiger partial charge on any atom is 0.0580 e. The average molecular weight is 238 g/mol. The number of aliphatic hydroxyl groups is 1. The van der Waals surface area contributed by atoms with Crippen molar-refractivity contribution < 1.29 is 5.11 Å². The van der Waals surface area contributed by atoms with Gasteiger partial charge in [0.05, 0.1) is 6.10 Å². The first-order valence-electron chi connectivity index (χ1n) is 7.47. The van der Waals surface area contributed by atoms with Gasteiger partial charge in [-0.3, -0.25) is 4.90 Å². The summed E-state index contributed by atoms with van der Waals surface area (Å²) in [4.78, 5) is 5.28. The monoisotopic (exact) mass is 238 g/mol. The molecule has 0 radical (unpaired) electrons. The number of rotatable bonds is 2. The topological polar surface area (TPSA) is 26.7 Å². The van der Waals surface area contributed by atoms with Gasteiger partial charge in [-0.2, -0.15) is 0 Å². The first kappa shape index (κ1) is 11.9. The number of hydrogen-bond acceptors (Lipinski definition) is 3. The van der Waals surface area contributed by atoms with E-state index in [2.05, 4.69) is 9.80 Å². The molecule has 17 heavy (non-hydrogen) atoms. The van der Waals surface area contributed by atoms with Crippen LogP contribution in [0, 0.1) is 5.92 Å². The van der Waals surface area contributed by atoms with E-state index in [9.17, 15) is 5.11 Å². The molecule has 1 N–H and O–H groups in total. The lowest BCUT2D eigenvalue weighted by Crippen LogP contribution is -2.52. The Morgan fingerprint density at radius 3 is 2.71 bits per heavy atom. The summed E-state index contributed by atoms with van der Waals surface area (Å²) in [6, 6.07) is 0.824. The Labute approximate surface area is 105 Å². The Hall–Kier alpha value is -0.120. The second-order valence-corrected chi connectivity index (χ2v) is 6.20. The van der Waals surface area contributed by atoms with Gasteiger partial charge in [0, 0.05) is 32.2 Å². The molecule has 2 heterocycles. The van der Waals surface area contributed by atoms with Gasteiger partial charge in [-0.1, -0.05) is 12.8 Å². The molecule has 3 heteroatoms. The van der Waals surface area contributed by atoms with Crippen LogP contribution in [0.2, 0.25) is 0 Å². The second kappa shape index (κ2) is 5.25. The first-order chi connectivity index (χ1) is 8.33. The summed E-state index contributed by atoms with van der Waals surface area (Å²) in [6.45, 7) is 6.20. The van der Waals surface area contributed by atoms with Crippen LogP contribution in [0.4, 0.5) is 0 Å². The van der Waals surface area contributed by atoms with Gasteiger partial charge in [-0.15, -0.1) is 0 Å². The SMILES string of the molecule is OC1CCCCC1CN1CCN2CCCC2C1. The third-order valence-electron chi connectivity index (χ3n) is 5.03. The second-order valence-electron chi connectivity index (χ2n) is 6.20. The molecule has 0 spiro atoms. The van der Waals surface area contributed by atoms with E-state index >= 15 is 0 Å². The van der Waals surface area contributed by atoms with Gasteiger partial charge in [-0.25, -0.2) is 0 Å². The predicted octanol–water partition coefficient (Wildman–Crippen LogP) is 1.32. The highest BCUT2D eigenvalue weighted by Crippen LogP contribution is 2.27. The largest absolute Gasteiger partial charge is 0.393 e. The molecule has 2 saturated heterocycles. The zero-order chi connectivity index (χ0) is 11.7. The Bertz CT molecular complexity index is 259. The van der Waals surface area contributed by atoms with Crippen LogP contribution in [-0.4, -0.2) is 59.8 Å². The molecule has 3 fully saturated rings. The molecule has 3 aliphatic rings. The molecule has 2 aliphatic heterocycles. The Morgan fingerprint density at radius 2 is 1.82 bits per heavy atom. The number of hydrogen-bond donors (Lipinski definition) is 1. The molecule has 0 amide bonds. The molecule has 0 bridgehead atoms. The first-order valence-corrected chi connectivity index (χ1v) is 7.47. The van der Waals surface area contributed by atoms with Crippen LogP contribution in [0.15, 0.2) is 0 Å². The van der Waals surface area contributed by atoms with Gasteiger partial charge in [0.15, 0.2) is 0 Å². The van der Waals surface area contributed by atoms with Crippen molar-refractivity contribution in [2.75, 3.05) is 32.7 Å². The van der Waals surface area contributed by atoms with E-state index in [1.807, 2.05) is 0 Å². The average Bonchev–Trinajstić information content (AvgIpc) is 2.79. The molecule has 0 aromatic carbocycles. The van der Waals surface area contributed by atoms with Crippen LogP contribution in [0.5, 0.6) is 0 Å². The van der Waals surface area contributed by atoms with Crippen molar-refractivity contribution in [3.63, 3.8) is 0 Å². The fourth-order valence-electron chi connectivity index (χ4n) is 3.95. The summed E-state index contributed by atoms with van der Waals surface area (Å²) in [5, 5.41) is 10.0. The molecule has 0 aromatic rings. The van der Waals surface area contributed by atoms with Crippen molar-refractivity contribution in [1.29, 1.82) is 0 Å². The van der Waals surface area contributed by atoms with E-state index in [-0.39, 0.29) is 6.10 Å². The van der Waals surface area contributed by atoms with Crippen LogP contribution in [0.1, 0.15) is 38.5 Å². The molecule has 1 saturated carbocycles. The van der Waals surface area contributed by atoms with Crippen molar-refractivity contribution in [2.45, 2.75) is 50.7 Å². The van der Waals surface area contributed by atoms with Gasteiger partial charge in [0.25, 0.3) is 0 Å². The standard InChI is InChI=1S/C14H26N2O/c17-14-6-2-1-4-12(14)10-15-8-9-16-7-3-5-13(16)11-15/h12-14,17H,1-11H2.